The molecule has 1 aromatic rings. The molecule has 0 fully saturated rings. The van der Waals surface area contributed by atoms with Gasteiger partial charge >= 0.3 is 5.97 Å². The maximum atomic E-state index is 13.7. The van der Waals surface area contributed by atoms with Crippen LogP contribution in [0, 0.1) is 11.8 Å². The second-order valence-corrected chi connectivity index (χ2v) is 16.2. The van der Waals surface area contributed by atoms with Crippen molar-refractivity contribution in [2.75, 3.05) is 33.5 Å². The molecule has 0 aromatic heterocycles. The van der Waals surface area contributed by atoms with Crippen molar-refractivity contribution < 1.29 is 63.5 Å². The monoisotopic (exact) mass is 901 g/mol. The number of aromatic hydroxyl groups is 1. The van der Waals surface area contributed by atoms with Gasteiger partial charge in [0.2, 0.25) is 41.4 Å². The molecule has 0 radical (unpaired) electrons. The first-order chi connectivity index (χ1) is 30.4. The van der Waals surface area contributed by atoms with Gasteiger partial charge in [0.05, 0.1) is 25.9 Å². The van der Waals surface area contributed by atoms with Crippen molar-refractivity contribution >= 4 is 47.3 Å². The van der Waals surface area contributed by atoms with Gasteiger partial charge in [0.1, 0.15) is 48.6 Å². The molecule has 20 nitrogen and oxygen atoms in total. The number of phenolic OH excluding ortho intramolecular Hbond substituents is 1. The normalized spacial score (nSPS) is 19.1. The lowest BCUT2D eigenvalue weighted by Gasteiger charge is -2.32. The lowest BCUT2D eigenvalue weighted by molar-refractivity contribution is -0.156. The summed E-state index contributed by atoms with van der Waals surface area (Å²) in [5, 5.41) is 54.0. The average Bonchev–Trinajstić information content (AvgIpc) is 3.26. The van der Waals surface area contributed by atoms with Crippen LogP contribution in [0.25, 0.3) is 0 Å². The lowest BCUT2D eigenvalue weighted by atomic mass is 9.99. The number of carbonyl (C=O) groups is 8. The Morgan fingerprint density at radius 2 is 1.39 bits per heavy atom. The summed E-state index contributed by atoms with van der Waals surface area (Å²) in [4.78, 5) is 107. The number of nitrogens with zero attached hydrogens (tertiary/aromatic N) is 1. The van der Waals surface area contributed by atoms with Gasteiger partial charge in [-0.1, -0.05) is 84.2 Å². The minimum atomic E-state index is -1.69. The fraction of sp³-hybridized carbons (Fsp3) is 0.591. The highest BCUT2D eigenvalue weighted by atomic mass is 16.5. The molecule has 7 atom stereocenters. The summed E-state index contributed by atoms with van der Waals surface area (Å²) in [6.07, 6.45) is 10.8. The number of carbonyl (C=O) groups excluding carboxylic acids is 8. The molecule has 20 heteroatoms. The lowest BCUT2D eigenvalue weighted by Crippen LogP contribution is -2.61. The number of rotatable bonds is 23. The summed E-state index contributed by atoms with van der Waals surface area (Å²) in [5.41, 5.74) is 0.592. The van der Waals surface area contributed by atoms with E-state index in [4.69, 9.17) is 4.74 Å². The van der Waals surface area contributed by atoms with Crippen molar-refractivity contribution in [3.05, 3.63) is 54.1 Å². The molecular weight excluding hydrogens is 835 g/mol. The smallest absolute Gasteiger partial charge is 0.329 e. The Morgan fingerprint density at radius 3 is 1.94 bits per heavy atom. The van der Waals surface area contributed by atoms with E-state index in [-0.39, 0.29) is 18.6 Å². The largest absolute Gasteiger partial charge is 0.508 e. The van der Waals surface area contributed by atoms with Gasteiger partial charge < -0.3 is 62.0 Å². The van der Waals surface area contributed by atoms with Crippen LogP contribution in [0.1, 0.15) is 78.7 Å². The maximum absolute atomic E-state index is 13.7. The molecule has 10 N–H and O–H groups in total. The molecule has 0 bridgehead atoms. The summed E-state index contributed by atoms with van der Waals surface area (Å²) in [5.74, 6) is -7.59. The first-order valence-electron chi connectivity index (χ1n) is 21.5. The van der Waals surface area contributed by atoms with Gasteiger partial charge in [0.15, 0.2) is 0 Å². The second-order valence-electron chi connectivity index (χ2n) is 16.2. The summed E-state index contributed by atoms with van der Waals surface area (Å²) in [6.45, 7) is 5.43. The molecule has 356 valence electrons. The summed E-state index contributed by atoms with van der Waals surface area (Å²) in [6, 6.07) is -3.54. The van der Waals surface area contributed by atoms with E-state index in [9.17, 15) is 58.8 Å². The quantitative estimate of drug-likeness (QED) is 0.0358. The fourth-order valence-corrected chi connectivity index (χ4v) is 6.38. The zero-order valence-electron chi connectivity index (χ0n) is 37.5. The van der Waals surface area contributed by atoms with E-state index in [0.29, 0.717) is 5.56 Å². The number of hydrogen-bond donors (Lipinski definition) is 10. The number of esters is 1. The first kappa shape index (κ1) is 54.3. The van der Waals surface area contributed by atoms with Crippen LogP contribution in [0.4, 0.5) is 0 Å². The fourth-order valence-electron chi connectivity index (χ4n) is 6.38. The van der Waals surface area contributed by atoms with Gasteiger partial charge in [-0.05, 0) is 42.4 Å². The molecule has 0 saturated carbocycles. The van der Waals surface area contributed by atoms with Crippen LogP contribution in [-0.4, -0.2) is 148 Å². The number of nitrogens with one attached hydrogen (secondary N) is 6. The predicted molar refractivity (Wildman–Crippen MR) is 234 cm³/mol. The first-order valence-corrected chi connectivity index (χ1v) is 21.5. The number of aliphatic hydroxyl groups excluding tert-OH is 3. The molecule has 0 aliphatic carbocycles. The number of hydrogen-bond acceptors (Lipinski definition) is 13. The van der Waals surface area contributed by atoms with Crippen molar-refractivity contribution in [1.82, 2.24) is 36.8 Å². The van der Waals surface area contributed by atoms with Crippen molar-refractivity contribution in [3.8, 4) is 5.75 Å². The SMILES string of the molecule is CCCCCCC=CCC(=O)NC(CO)C(=O)NC(CO)C(=O)NC(CO)C(=O)NC(C(=O)NC1C=CC(=O)NC(C(C)C)C(=O)N(C)C(Cc2ccc(O)cc2)C(=O)OC1)C(C)C. The van der Waals surface area contributed by atoms with E-state index in [2.05, 4.69) is 38.8 Å². The van der Waals surface area contributed by atoms with Crippen LogP contribution in [0.5, 0.6) is 5.75 Å². The highest BCUT2D eigenvalue weighted by Gasteiger charge is 2.36. The van der Waals surface area contributed by atoms with Gasteiger partial charge in [0, 0.05) is 26.0 Å². The third-order valence-electron chi connectivity index (χ3n) is 10.3. The van der Waals surface area contributed by atoms with Crippen LogP contribution in [0.15, 0.2) is 48.6 Å². The second kappa shape index (κ2) is 28.0. The number of phenols is 1. The molecule has 1 heterocycles. The van der Waals surface area contributed by atoms with Gasteiger partial charge in [-0.3, -0.25) is 33.6 Å². The van der Waals surface area contributed by atoms with Gasteiger partial charge in [-0.2, -0.15) is 0 Å². The number of cyclic esters (lactones) is 1. The predicted octanol–water partition coefficient (Wildman–Crippen LogP) is -1.01. The molecule has 1 aliphatic heterocycles. The molecule has 1 aliphatic rings. The Labute approximate surface area is 374 Å². The van der Waals surface area contributed by atoms with Crippen LogP contribution >= 0.6 is 0 Å². The van der Waals surface area contributed by atoms with Gasteiger partial charge in [-0.25, -0.2) is 4.79 Å². The molecule has 2 rings (SSSR count). The van der Waals surface area contributed by atoms with Crippen LogP contribution in [0.2, 0.25) is 0 Å². The van der Waals surface area contributed by atoms with Crippen molar-refractivity contribution in [1.29, 1.82) is 0 Å². The molecular formula is C44H67N7O13. The van der Waals surface area contributed by atoms with E-state index in [0.717, 1.165) is 38.2 Å². The molecule has 64 heavy (non-hydrogen) atoms. The number of likely N-dealkylation sites (N-methyl/N-ethyl adjacent to an activating group) is 1. The Hall–Kier alpha value is -5.86. The average molecular weight is 902 g/mol. The van der Waals surface area contributed by atoms with E-state index < -0.39 is 128 Å². The van der Waals surface area contributed by atoms with Crippen LogP contribution in [0.3, 0.4) is 0 Å². The zero-order valence-corrected chi connectivity index (χ0v) is 37.5. The Bertz CT molecular complexity index is 1790. The van der Waals surface area contributed by atoms with Crippen molar-refractivity contribution in [3.63, 3.8) is 0 Å². The van der Waals surface area contributed by atoms with Gasteiger partial charge in [-0.15, -0.1) is 0 Å². The number of benzene rings is 1. The third-order valence-corrected chi connectivity index (χ3v) is 10.3. The number of aliphatic hydroxyl groups is 3. The highest BCUT2D eigenvalue weighted by Crippen LogP contribution is 2.17. The zero-order chi connectivity index (χ0) is 47.9. The standard InChI is InChI=1S/C44H67N7O13/c1-7-8-9-10-11-12-13-14-35(56)46-31(22-52)39(58)47-32(23-53)40(59)48-33(24-54)41(60)50-37(26(2)3)42(61)45-29-17-20-36(57)49-38(27(4)5)43(62)51(6)34(44(63)64-25-29)21-28-15-18-30(55)19-16-28/h12-13,15-20,26-27,29,31-34,37-38,52-55H,7-11,14,21-25H2,1-6H3,(H,45,61)(H,46,56)(H,47,58)(H,48,59)(H,49,57)(H,50,60). The topological polar surface area (TPSA) is 302 Å². The van der Waals surface area contributed by atoms with Crippen molar-refractivity contribution in [2.24, 2.45) is 11.8 Å². The van der Waals surface area contributed by atoms with Gasteiger partial charge in [0.25, 0.3) is 0 Å². The number of amides is 7. The Kier molecular flexibility index (Phi) is 23.8. The molecule has 1 aromatic carbocycles. The molecule has 7 unspecified atom stereocenters. The maximum Gasteiger partial charge on any atom is 0.329 e. The molecule has 7 amide bonds. The third kappa shape index (κ3) is 18.1. The van der Waals surface area contributed by atoms with E-state index in [1.807, 2.05) is 6.08 Å². The number of ether oxygens (including phenoxy) is 1. The van der Waals surface area contributed by atoms with Crippen molar-refractivity contribution in [2.45, 2.75) is 122 Å². The minimum absolute atomic E-state index is 0.00467. The Balaban J connectivity index is 2.17. The summed E-state index contributed by atoms with van der Waals surface area (Å²) < 4.78 is 5.61. The summed E-state index contributed by atoms with van der Waals surface area (Å²) in [7, 11) is 1.40. The summed E-state index contributed by atoms with van der Waals surface area (Å²) >= 11 is 0. The molecule has 0 spiro atoms. The van der Waals surface area contributed by atoms with Crippen LogP contribution < -0.4 is 31.9 Å². The van der Waals surface area contributed by atoms with E-state index in [1.165, 1.54) is 30.2 Å². The van der Waals surface area contributed by atoms with E-state index >= 15 is 0 Å². The number of allylic oxidation sites excluding steroid dienone is 1. The van der Waals surface area contributed by atoms with Crippen LogP contribution in [-0.2, 0) is 49.5 Å². The Morgan fingerprint density at radius 1 is 0.812 bits per heavy atom. The van der Waals surface area contributed by atoms with E-state index in [1.54, 1.807) is 45.9 Å². The molecule has 0 saturated heterocycles. The minimum Gasteiger partial charge on any atom is -0.508 e. The number of unbranched alkanes of at least 4 members (excludes halogenated alkanes) is 4. The highest BCUT2D eigenvalue weighted by molar-refractivity contribution is 5.97.